The predicted octanol–water partition coefficient (Wildman–Crippen LogP) is 6.26. The van der Waals surface area contributed by atoms with Crippen molar-refractivity contribution in [3.8, 4) is 0 Å². The van der Waals surface area contributed by atoms with Gasteiger partial charge in [0.1, 0.15) is 0 Å². The number of carboxylic acid groups (broad SMARTS) is 3. The van der Waals surface area contributed by atoms with Gasteiger partial charge in [-0.1, -0.05) is 51.5 Å². The number of nitrogens with zero attached hydrogens (tertiary/aromatic N) is 1. The van der Waals surface area contributed by atoms with E-state index in [1.54, 1.807) is 0 Å². The largest absolute Gasteiger partial charge is 0.481 e. The SMILES string of the molecule is CCCCCCCCC/C=C/C[N+](CCCCC(=O)O)(CCCCC(=O)O)CCCCC(=O)O. The van der Waals surface area contributed by atoms with Crippen LogP contribution < -0.4 is 0 Å². The summed E-state index contributed by atoms with van der Waals surface area (Å²) in [5.74, 6) is -2.35. The first-order valence-electron chi connectivity index (χ1n) is 13.5. The average Bonchev–Trinajstić information content (AvgIpc) is 2.78. The molecule has 0 aromatic carbocycles. The number of carbonyl (C=O) groups is 3. The molecule has 34 heavy (non-hydrogen) atoms. The van der Waals surface area contributed by atoms with Gasteiger partial charge in [-0.05, 0) is 57.4 Å². The van der Waals surface area contributed by atoms with Crippen LogP contribution in [0.3, 0.4) is 0 Å². The van der Waals surface area contributed by atoms with Crippen molar-refractivity contribution in [2.75, 3.05) is 26.2 Å². The first kappa shape index (κ1) is 32.1. The van der Waals surface area contributed by atoms with Crippen LogP contribution in [0.5, 0.6) is 0 Å². The molecule has 0 rings (SSSR count). The lowest BCUT2D eigenvalue weighted by molar-refractivity contribution is -0.923. The number of aliphatic carboxylic acids is 3. The number of rotatable bonds is 25. The fraction of sp³-hybridized carbons (Fsp3) is 0.815. The minimum Gasteiger partial charge on any atom is -0.481 e. The molecule has 0 aliphatic heterocycles. The van der Waals surface area contributed by atoms with Gasteiger partial charge in [0.25, 0.3) is 0 Å². The Morgan fingerprint density at radius 3 is 1.38 bits per heavy atom. The Bertz CT molecular complexity index is 520. The molecule has 0 bridgehead atoms. The third kappa shape index (κ3) is 20.7. The van der Waals surface area contributed by atoms with Crippen LogP contribution in [0.15, 0.2) is 12.2 Å². The summed E-state index contributed by atoms with van der Waals surface area (Å²) in [7, 11) is 0. The minimum absolute atomic E-state index is 0.159. The molecular formula is C27H50NO6+. The van der Waals surface area contributed by atoms with Crippen LogP contribution in [0.25, 0.3) is 0 Å². The number of hydrogen-bond acceptors (Lipinski definition) is 3. The van der Waals surface area contributed by atoms with E-state index < -0.39 is 17.9 Å². The molecule has 0 aliphatic carbocycles. The summed E-state index contributed by atoms with van der Waals surface area (Å²) in [6, 6.07) is 0. The van der Waals surface area contributed by atoms with Crippen molar-refractivity contribution in [1.29, 1.82) is 0 Å². The number of quaternary nitrogens is 1. The first-order chi connectivity index (χ1) is 16.3. The van der Waals surface area contributed by atoms with E-state index in [1.165, 1.54) is 44.9 Å². The van der Waals surface area contributed by atoms with E-state index in [2.05, 4.69) is 19.1 Å². The normalized spacial score (nSPS) is 11.8. The van der Waals surface area contributed by atoms with Crippen LogP contribution in [0, 0.1) is 0 Å². The van der Waals surface area contributed by atoms with E-state index in [-0.39, 0.29) is 19.3 Å². The molecule has 0 fully saturated rings. The molecule has 0 aliphatic rings. The summed E-state index contributed by atoms with van der Waals surface area (Å²) >= 11 is 0. The van der Waals surface area contributed by atoms with E-state index in [9.17, 15) is 14.4 Å². The summed E-state index contributed by atoms with van der Waals surface area (Å²) in [6.07, 6.45) is 19.3. The van der Waals surface area contributed by atoms with Crippen molar-refractivity contribution in [2.24, 2.45) is 0 Å². The Balaban J connectivity index is 4.86. The van der Waals surface area contributed by atoms with E-state index in [0.717, 1.165) is 56.3 Å². The van der Waals surface area contributed by atoms with Gasteiger partial charge >= 0.3 is 17.9 Å². The van der Waals surface area contributed by atoms with Crippen molar-refractivity contribution in [3.63, 3.8) is 0 Å². The summed E-state index contributed by atoms with van der Waals surface area (Å²) in [5, 5.41) is 26.9. The van der Waals surface area contributed by atoms with E-state index in [0.29, 0.717) is 19.3 Å². The third-order valence-corrected chi connectivity index (χ3v) is 6.45. The van der Waals surface area contributed by atoms with Crippen LogP contribution >= 0.6 is 0 Å². The number of unbranched alkanes of at least 4 members (excludes halogenated alkanes) is 10. The second-order valence-corrected chi connectivity index (χ2v) is 9.63. The van der Waals surface area contributed by atoms with Crippen molar-refractivity contribution in [2.45, 2.75) is 116 Å². The maximum absolute atomic E-state index is 10.9. The Morgan fingerprint density at radius 2 is 0.971 bits per heavy atom. The van der Waals surface area contributed by atoms with Gasteiger partial charge in [-0.25, -0.2) is 0 Å². The predicted molar refractivity (Wildman–Crippen MR) is 136 cm³/mol. The van der Waals surface area contributed by atoms with Gasteiger partial charge in [-0.2, -0.15) is 0 Å². The zero-order chi connectivity index (χ0) is 25.5. The molecule has 0 saturated carbocycles. The number of allylic oxidation sites excluding steroid dienone is 1. The Hall–Kier alpha value is -1.89. The highest BCUT2D eigenvalue weighted by molar-refractivity contribution is 5.67. The second kappa shape index (κ2) is 21.6. The van der Waals surface area contributed by atoms with Gasteiger partial charge in [-0.15, -0.1) is 0 Å². The summed E-state index contributed by atoms with van der Waals surface area (Å²) in [6.45, 7) is 5.59. The molecule has 3 N–H and O–H groups in total. The molecule has 7 nitrogen and oxygen atoms in total. The first-order valence-corrected chi connectivity index (χ1v) is 13.5. The van der Waals surface area contributed by atoms with Gasteiger partial charge in [0.15, 0.2) is 0 Å². The highest BCUT2D eigenvalue weighted by atomic mass is 16.4. The third-order valence-electron chi connectivity index (χ3n) is 6.45. The fourth-order valence-corrected chi connectivity index (χ4v) is 4.41. The molecule has 0 amide bonds. The van der Waals surface area contributed by atoms with Gasteiger partial charge in [-0.3, -0.25) is 14.4 Å². The van der Waals surface area contributed by atoms with Crippen LogP contribution in [0.2, 0.25) is 0 Å². The molecule has 0 heterocycles. The molecule has 7 heteroatoms. The smallest absolute Gasteiger partial charge is 0.303 e. The summed E-state index contributed by atoms with van der Waals surface area (Å²) < 4.78 is 0.784. The molecule has 0 saturated heterocycles. The van der Waals surface area contributed by atoms with Gasteiger partial charge in [0.2, 0.25) is 0 Å². The van der Waals surface area contributed by atoms with Gasteiger partial charge < -0.3 is 19.8 Å². The van der Waals surface area contributed by atoms with E-state index in [1.807, 2.05) is 0 Å². The van der Waals surface area contributed by atoms with Crippen molar-refractivity contribution in [1.82, 2.24) is 0 Å². The molecule has 198 valence electrons. The number of hydrogen-bond donors (Lipinski definition) is 3. The second-order valence-electron chi connectivity index (χ2n) is 9.63. The lowest BCUT2D eigenvalue weighted by Crippen LogP contribution is -2.50. The van der Waals surface area contributed by atoms with Crippen LogP contribution in [0.4, 0.5) is 0 Å². The molecule has 0 radical (unpaired) electrons. The molecule has 0 atom stereocenters. The Labute approximate surface area is 206 Å². The fourth-order valence-electron chi connectivity index (χ4n) is 4.41. The van der Waals surface area contributed by atoms with Gasteiger partial charge in [0.05, 0.1) is 26.2 Å². The molecule has 0 aromatic heterocycles. The zero-order valence-electron chi connectivity index (χ0n) is 21.5. The zero-order valence-corrected chi connectivity index (χ0v) is 21.5. The maximum atomic E-state index is 10.9. The standard InChI is InChI=1S/C27H49NO6/c1-2-3-4-5-6-7-8-9-10-14-21-28(22-15-11-18-25(29)30,23-16-12-19-26(31)32)24-17-13-20-27(33)34/h10,14H,2-9,11-13,15-24H2,1H3,(H2-,29,30,31,32,33,34)/p+1/b14-10+. The van der Waals surface area contributed by atoms with Crippen molar-refractivity contribution in [3.05, 3.63) is 12.2 Å². The summed E-state index contributed by atoms with van der Waals surface area (Å²) in [4.78, 5) is 32.7. The Morgan fingerprint density at radius 1 is 0.559 bits per heavy atom. The maximum Gasteiger partial charge on any atom is 0.303 e. The van der Waals surface area contributed by atoms with Gasteiger partial charge in [0, 0.05) is 19.3 Å². The summed E-state index contributed by atoms with van der Waals surface area (Å²) in [5.41, 5.74) is 0. The monoisotopic (exact) mass is 484 g/mol. The molecule has 0 aromatic rings. The number of carboxylic acids is 3. The minimum atomic E-state index is -0.782. The highest BCUT2D eigenvalue weighted by Gasteiger charge is 2.25. The average molecular weight is 485 g/mol. The topological polar surface area (TPSA) is 112 Å². The quantitative estimate of drug-likeness (QED) is 0.0800. The lowest BCUT2D eigenvalue weighted by atomic mass is 10.1. The van der Waals surface area contributed by atoms with Crippen LogP contribution in [-0.2, 0) is 14.4 Å². The van der Waals surface area contributed by atoms with Crippen LogP contribution in [0.1, 0.15) is 116 Å². The van der Waals surface area contributed by atoms with Crippen molar-refractivity contribution < 1.29 is 34.2 Å². The highest BCUT2D eigenvalue weighted by Crippen LogP contribution is 2.17. The van der Waals surface area contributed by atoms with Crippen molar-refractivity contribution >= 4 is 17.9 Å². The lowest BCUT2D eigenvalue weighted by Gasteiger charge is -2.38. The molecule has 0 unspecified atom stereocenters. The molecular weight excluding hydrogens is 434 g/mol. The van der Waals surface area contributed by atoms with Crippen LogP contribution in [-0.4, -0.2) is 63.9 Å². The van der Waals surface area contributed by atoms with E-state index in [4.69, 9.17) is 15.3 Å². The molecule has 0 spiro atoms. The Kier molecular flexibility index (Phi) is 20.4. The van der Waals surface area contributed by atoms with E-state index >= 15 is 0 Å².